The van der Waals surface area contributed by atoms with Crippen molar-refractivity contribution in [2.45, 2.75) is 26.7 Å². The van der Waals surface area contributed by atoms with Crippen LogP contribution in [-0.4, -0.2) is 6.61 Å². The molecule has 0 spiro atoms. The molecule has 0 aliphatic rings. The highest BCUT2D eigenvalue weighted by Crippen LogP contribution is 2.19. The van der Waals surface area contributed by atoms with E-state index in [0.717, 1.165) is 29.9 Å². The zero-order valence-corrected chi connectivity index (χ0v) is 9.49. The lowest BCUT2D eigenvalue weighted by Gasteiger charge is -2.12. The summed E-state index contributed by atoms with van der Waals surface area (Å²) in [6.45, 7) is 4.73. The molecule has 82 valence electrons. The van der Waals surface area contributed by atoms with Crippen molar-refractivity contribution in [1.82, 2.24) is 0 Å². The smallest absolute Gasteiger partial charge is 0.145 e. The number of hydrogen-bond acceptors (Lipinski definition) is 2. The molecule has 0 amide bonds. The zero-order valence-electron chi connectivity index (χ0n) is 9.49. The molecule has 2 heteroatoms. The van der Waals surface area contributed by atoms with Crippen LogP contribution in [0.1, 0.15) is 32.3 Å². The predicted octanol–water partition coefficient (Wildman–Crippen LogP) is 3.15. The lowest BCUT2D eigenvalue weighted by atomic mass is 10.1. The van der Waals surface area contributed by atoms with Gasteiger partial charge in [0.1, 0.15) is 5.76 Å². The summed E-state index contributed by atoms with van der Waals surface area (Å²) in [5.41, 5.74) is 7.90. The first-order valence-electron chi connectivity index (χ1n) is 5.46. The summed E-state index contributed by atoms with van der Waals surface area (Å²) in [4.78, 5) is 0. The predicted molar refractivity (Wildman–Crippen MR) is 64.1 cm³/mol. The van der Waals surface area contributed by atoms with Gasteiger partial charge in [-0.3, -0.25) is 0 Å². The van der Waals surface area contributed by atoms with E-state index in [4.69, 9.17) is 10.5 Å². The van der Waals surface area contributed by atoms with E-state index in [-0.39, 0.29) is 0 Å². The van der Waals surface area contributed by atoms with E-state index in [1.54, 1.807) is 0 Å². The van der Waals surface area contributed by atoms with Gasteiger partial charge in [0.2, 0.25) is 0 Å². The van der Waals surface area contributed by atoms with E-state index in [0.29, 0.717) is 6.61 Å². The summed E-state index contributed by atoms with van der Waals surface area (Å²) >= 11 is 0. The SMILES string of the molecule is CCCC(N)=C(OCC)c1ccccc1. The quantitative estimate of drug-likeness (QED) is 0.749. The number of benzene rings is 1. The van der Waals surface area contributed by atoms with Crippen LogP contribution in [-0.2, 0) is 4.74 Å². The van der Waals surface area contributed by atoms with Crippen LogP contribution < -0.4 is 5.73 Å². The third kappa shape index (κ3) is 3.31. The van der Waals surface area contributed by atoms with Gasteiger partial charge >= 0.3 is 0 Å². The molecule has 0 unspecified atom stereocenters. The minimum Gasteiger partial charge on any atom is -0.491 e. The topological polar surface area (TPSA) is 35.2 Å². The molecule has 0 aromatic heterocycles. The minimum atomic E-state index is 0.647. The minimum absolute atomic E-state index is 0.647. The molecule has 2 N–H and O–H groups in total. The van der Waals surface area contributed by atoms with Crippen LogP contribution in [0.4, 0.5) is 0 Å². The molecule has 0 aliphatic carbocycles. The lowest BCUT2D eigenvalue weighted by Crippen LogP contribution is -2.05. The van der Waals surface area contributed by atoms with Gasteiger partial charge in [0.15, 0.2) is 0 Å². The van der Waals surface area contributed by atoms with Gasteiger partial charge in [-0.25, -0.2) is 0 Å². The largest absolute Gasteiger partial charge is 0.491 e. The van der Waals surface area contributed by atoms with E-state index in [2.05, 4.69) is 6.92 Å². The van der Waals surface area contributed by atoms with Crippen molar-refractivity contribution in [1.29, 1.82) is 0 Å². The van der Waals surface area contributed by atoms with Crippen molar-refractivity contribution < 1.29 is 4.74 Å². The van der Waals surface area contributed by atoms with Crippen LogP contribution in [0.25, 0.3) is 5.76 Å². The second-order valence-electron chi connectivity index (χ2n) is 3.40. The van der Waals surface area contributed by atoms with Gasteiger partial charge in [-0.1, -0.05) is 43.7 Å². The van der Waals surface area contributed by atoms with Crippen LogP contribution in [0, 0.1) is 0 Å². The van der Waals surface area contributed by atoms with Gasteiger partial charge in [0, 0.05) is 5.56 Å². The van der Waals surface area contributed by atoms with Gasteiger partial charge in [-0.05, 0) is 13.3 Å². The maximum absolute atomic E-state index is 6.00. The van der Waals surface area contributed by atoms with Crippen LogP contribution in [0.15, 0.2) is 36.0 Å². The number of rotatable bonds is 5. The summed E-state index contributed by atoms with van der Waals surface area (Å²) in [7, 11) is 0. The maximum atomic E-state index is 6.00. The van der Waals surface area contributed by atoms with Crippen LogP contribution in [0.5, 0.6) is 0 Å². The fourth-order valence-electron chi connectivity index (χ4n) is 1.48. The van der Waals surface area contributed by atoms with Gasteiger partial charge in [-0.2, -0.15) is 0 Å². The fourth-order valence-corrected chi connectivity index (χ4v) is 1.48. The van der Waals surface area contributed by atoms with E-state index >= 15 is 0 Å². The Labute approximate surface area is 91.7 Å². The van der Waals surface area contributed by atoms with Crippen LogP contribution in [0.3, 0.4) is 0 Å². The second-order valence-corrected chi connectivity index (χ2v) is 3.40. The molecule has 1 rings (SSSR count). The lowest BCUT2D eigenvalue weighted by molar-refractivity contribution is 0.294. The molecule has 1 aromatic carbocycles. The average Bonchev–Trinajstić information content (AvgIpc) is 2.27. The summed E-state index contributed by atoms with van der Waals surface area (Å²) < 4.78 is 5.60. The first-order valence-corrected chi connectivity index (χ1v) is 5.46. The van der Waals surface area contributed by atoms with Gasteiger partial charge < -0.3 is 10.5 Å². The van der Waals surface area contributed by atoms with Crippen molar-refractivity contribution >= 4 is 5.76 Å². The number of nitrogens with two attached hydrogens (primary N) is 1. The van der Waals surface area contributed by atoms with Gasteiger partial charge in [-0.15, -0.1) is 0 Å². The van der Waals surface area contributed by atoms with Crippen molar-refractivity contribution in [2.24, 2.45) is 5.73 Å². The van der Waals surface area contributed by atoms with Gasteiger partial charge in [0.05, 0.1) is 12.3 Å². The molecule has 0 heterocycles. The Hall–Kier alpha value is -1.44. The first-order chi connectivity index (χ1) is 7.29. The van der Waals surface area contributed by atoms with Crippen LogP contribution >= 0.6 is 0 Å². The second kappa shape index (κ2) is 6.12. The molecule has 0 fully saturated rings. The molecule has 0 bridgehead atoms. The highest BCUT2D eigenvalue weighted by atomic mass is 16.5. The Kier molecular flexibility index (Phi) is 4.75. The zero-order chi connectivity index (χ0) is 11.1. The first kappa shape index (κ1) is 11.6. The van der Waals surface area contributed by atoms with Gasteiger partial charge in [0.25, 0.3) is 0 Å². The van der Waals surface area contributed by atoms with E-state index in [1.165, 1.54) is 0 Å². The molecule has 15 heavy (non-hydrogen) atoms. The third-order valence-electron chi connectivity index (χ3n) is 2.14. The molecular formula is C13H19NO. The summed E-state index contributed by atoms with van der Waals surface area (Å²) in [6.07, 6.45) is 1.92. The normalized spacial score (nSPS) is 12.1. The highest BCUT2D eigenvalue weighted by Gasteiger charge is 2.06. The molecule has 2 nitrogen and oxygen atoms in total. The molecule has 0 atom stereocenters. The summed E-state index contributed by atoms with van der Waals surface area (Å²) in [5.74, 6) is 0.833. The Morgan fingerprint density at radius 1 is 1.20 bits per heavy atom. The Morgan fingerprint density at radius 2 is 1.87 bits per heavy atom. The molecular weight excluding hydrogens is 186 g/mol. The number of hydrogen-bond donors (Lipinski definition) is 1. The van der Waals surface area contributed by atoms with Crippen molar-refractivity contribution in [3.63, 3.8) is 0 Å². The van der Waals surface area contributed by atoms with Crippen molar-refractivity contribution in [2.75, 3.05) is 6.61 Å². The molecule has 0 saturated heterocycles. The highest BCUT2D eigenvalue weighted by molar-refractivity contribution is 5.62. The summed E-state index contributed by atoms with van der Waals surface area (Å²) in [5, 5.41) is 0. The maximum Gasteiger partial charge on any atom is 0.145 e. The molecule has 1 aromatic rings. The summed E-state index contributed by atoms with van der Waals surface area (Å²) in [6, 6.07) is 10.0. The Balaban J connectivity index is 2.97. The fraction of sp³-hybridized carbons (Fsp3) is 0.385. The number of ether oxygens (including phenoxy) is 1. The third-order valence-corrected chi connectivity index (χ3v) is 2.14. The Bertz CT molecular complexity index is 317. The van der Waals surface area contributed by atoms with Crippen LogP contribution in [0.2, 0.25) is 0 Å². The molecule has 0 saturated carbocycles. The number of allylic oxidation sites excluding steroid dienone is 1. The van der Waals surface area contributed by atoms with Crippen molar-refractivity contribution in [3.8, 4) is 0 Å². The molecule has 0 aliphatic heterocycles. The Morgan fingerprint density at radius 3 is 2.40 bits per heavy atom. The van der Waals surface area contributed by atoms with E-state index in [1.807, 2.05) is 37.3 Å². The van der Waals surface area contributed by atoms with E-state index in [9.17, 15) is 0 Å². The standard InChI is InChI=1S/C13H19NO/c1-3-8-12(14)13(15-4-2)11-9-6-5-7-10-11/h5-7,9-10H,3-4,8,14H2,1-2H3. The average molecular weight is 205 g/mol. The van der Waals surface area contributed by atoms with Crippen molar-refractivity contribution in [3.05, 3.63) is 41.6 Å². The molecule has 0 radical (unpaired) electrons. The monoisotopic (exact) mass is 205 g/mol. The van der Waals surface area contributed by atoms with E-state index < -0.39 is 0 Å².